The van der Waals surface area contributed by atoms with Gasteiger partial charge in [-0.3, -0.25) is 19.4 Å². The summed E-state index contributed by atoms with van der Waals surface area (Å²) in [5.74, 6) is -1.04. The van der Waals surface area contributed by atoms with Crippen molar-refractivity contribution in [2.45, 2.75) is 23.5 Å². The lowest BCUT2D eigenvalue weighted by atomic mass is 10.0. The van der Waals surface area contributed by atoms with Crippen LogP contribution in [0.5, 0.6) is 0 Å². The number of carboxylic acid groups (broad SMARTS) is 1. The number of fused-ring (bicyclic) bond motifs is 1. The average Bonchev–Trinajstić information content (AvgIpc) is 3.14. The number of β-lactam (4-membered cyclic amide) rings is 1. The molecule has 0 saturated carbocycles. The van der Waals surface area contributed by atoms with Crippen molar-refractivity contribution in [3.05, 3.63) is 41.6 Å². The Labute approximate surface area is 180 Å². The van der Waals surface area contributed by atoms with Gasteiger partial charge >= 0.3 is 5.97 Å². The van der Waals surface area contributed by atoms with Crippen molar-refractivity contribution in [1.82, 2.24) is 25.1 Å². The van der Waals surface area contributed by atoms with E-state index in [1.165, 1.54) is 44.9 Å². The average molecular weight is 447 g/mol. The third-order valence-corrected chi connectivity index (χ3v) is 7.25. The van der Waals surface area contributed by atoms with Gasteiger partial charge in [0, 0.05) is 31.2 Å². The highest BCUT2D eigenvalue weighted by Gasteiger charge is 2.56. The topological polar surface area (TPSA) is 122 Å². The minimum atomic E-state index is -1.16. The summed E-state index contributed by atoms with van der Waals surface area (Å²) in [5.41, 5.74) is 1.22. The molecule has 0 aliphatic carbocycles. The van der Waals surface area contributed by atoms with Crippen LogP contribution in [0.1, 0.15) is 6.92 Å². The van der Waals surface area contributed by atoms with Crippen LogP contribution in [0, 0.1) is 0 Å². The zero-order chi connectivity index (χ0) is 21.4. The quantitative estimate of drug-likeness (QED) is 0.511. The summed E-state index contributed by atoms with van der Waals surface area (Å²) >= 11 is 2.76. The lowest BCUT2D eigenvalue weighted by Crippen LogP contribution is -2.71. The first-order chi connectivity index (χ1) is 14.4. The molecular formula is C18H18N6O4S2. The predicted molar refractivity (Wildman–Crippen MR) is 111 cm³/mol. The predicted octanol–water partition coefficient (Wildman–Crippen LogP) is 0.978. The Morgan fingerprint density at radius 2 is 2.07 bits per heavy atom. The molecule has 156 valence electrons. The maximum atomic E-state index is 13.0. The second kappa shape index (κ2) is 8.11. The summed E-state index contributed by atoms with van der Waals surface area (Å²) < 4.78 is 1.50. The highest BCUT2D eigenvalue weighted by molar-refractivity contribution is 8.01. The Kier molecular flexibility index (Phi) is 5.52. The van der Waals surface area contributed by atoms with Gasteiger partial charge in [0.05, 0.1) is 0 Å². The van der Waals surface area contributed by atoms with Crippen LogP contribution in [0.2, 0.25) is 0 Å². The van der Waals surface area contributed by atoms with Crippen molar-refractivity contribution in [2.24, 2.45) is 7.05 Å². The van der Waals surface area contributed by atoms with E-state index in [4.69, 9.17) is 0 Å². The summed E-state index contributed by atoms with van der Waals surface area (Å²) in [6, 6.07) is 8.19. The van der Waals surface area contributed by atoms with E-state index in [1.54, 1.807) is 31.3 Å². The van der Waals surface area contributed by atoms with Gasteiger partial charge in [0.15, 0.2) is 0 Å². The van der Waals surface area contributed by atoms with Crippen LogP contribution in [-0.4, -0.2) is 70.9 Å². The third-order valence-electron chi connectivity index (χ3n) is 4.83. The fourth-order valence-corrected chi connectivity index (χ4v) is 5.88. The van der Waals surface area contributed by atoms with Gasteiger partial charge in [-0.15, -0.1) is 16.9 Å². The Morgan fingerprint density at radius 3 is 2.67 bits per heavy atom. The Balaban J connectivity index is 1.60. The number of carbonyl (C=O) groups is 3. The maximum Gasteiger partial charge on any atom is 0.352 e. The number of aryl methyl sites for hydroxylation is 1. The van der Waals surface area contributed by atoms with Crippen LogP contribution < -0.4 is 4.90 Å². The second-order valence-electron chi connectivity index (χ2n) is 6.71. The van der Waals surface area contributed by atoms with Crippen LogP contribution >= 0.6 is 23.5 Å². The number of carboxylic acids is 1. The zero-order valence-corrected chi connectivity index (χ0v) is 17.8. The number of tetrazole rings is 1. The standard InChI is InChI=1S/C18H18N6O4S2/c1-10(25)23(12-6-4-3-5-7-12)14-15(26)24-13(17(27)28)11(8-29-16(14)24)9-30-18-19-20-21-22(18)2/h3-7,14,16H,8-9H2,1-2H3,(H,27,28)/t14?,16-/m0/s1. The minimum absolute atomic E-state index is 0.0146. The lowest BCUT2D eigenvalue weighted by Gasteiger charge is -2.52. The number of aliphatic carboxylic acids is 1. The van der Waals surface area contributed by atoms with Crippen LogP contribution in [0.4, 0.5) is 5.69 Å². The van der Waals surface area contributed by atoms with Gasteiger partial charge in [-0.1, -0.05) is 30.0 Å². The van der Waals surface area contributed by atoms with Crippen molar-refractivity contribution in [1.29, 1.82) is 0 Å². The van der Waals surface area contributed by atoms with Crippen LogP contribution in [0.25, 0.3) is 0 Å². The molecule has 12 heteroatoms. The molecule has 3 heterocycles. The van der Waals surface area contributed by atoms with E-state index >= 15 is 0 Å². The highest BCUT2D eigenvalue weighted by atomic mass is 32.2. The molecule has 1 fully saturated rings. The number of thioether (sulfide) groups is 2. The van der Waals surface area contributed by atoms with Crippen molar-refractivity contribution >= 4 is 47.0 Å². The molecule has 2 aliphatic heterocycles. The maximum absolute atomic E-state index is 13.0. The Bertz CT molecular complexity index is 1040. The molecule has 0 radical (unpaired) electrons. The summed E-state index contributed by atoms with van der Waals surface area (Å²) in [6.07, 6.45) is 0. The van der Waals surface area contributed by atoms with Gasteiger partial charge < -0.3 is 5.11 Å². The molecule has 10 nitrogen and oxygen atoms in total. The SMILES string of the molecule is CC(=O)N(c1ccccc1)C1C(=O)N2C(C(=O)O)=C(CSc3nnnn3C)CS[C@@H]12. The number of carbonyl (C=O) groups excluding carboxylic acids is 2. The van der Waals surface area contributed by atoms with Crippen LogP contribution in [0.15, 0.2) is 46.8 Å². The number of anilines is 1. The molecule has 1 saturated heterocycles. The molecule has 0 bridgehead atoms. The largest absolute Gasteiger partial charge is 0.477 e. The second-order valence-corrected chi connectivity index (χ2v) is 8.76. The first-order valence-electron chi connectivity index (χ1n) is 9.00. The first kappa shape index (κ1) is 20.4. The number of hydrogen-bond donors (Lipinski definition) is 1. The van der Waals surface area contributed by atoms with Crippen molar-refractivity contribution in [2.75, 3.05) is 16.4 Å². The van der Waals surface area contributed by atoms with Gasteiger partial charge in [-0.05, 0) is 28.1 Å². The Morgan fingerprint density at radius 1 is 1.33 bits per heavy atom. The number of amides is 2. The number of rotatable bonds is 6. The van der Waals surface area contributed by atoms with Crippen molar-refractivity contribution in [3.63, 3.8) is 0 Å². The van der Waals surface area contributed by atoms with Crippen LogP contribution in [0.3, 0.4) is 0 Å². The molecule has 1 unspecified atom stereocenters. The number of nitrogens with zero attached hydrogens (tertiary/aromatic N) is 6. The zero-order valence-electron chi connectivity index (χ0n) is 16.1. The van der Waals surface area contributed by atoms with Crippen LogP contribution in [-0.2, 0) is 21.4 Å². The van der Waals surface area contributed by atoms with E-state index in [2.05, 4.69) is 15.5 Å². The van der Waals surface area contributed by atoms with E-state index in [1.807, 2.05) is 6.07 Å². The molecular weight excluding hydrogens is 428 g/mol. The van der Waals surface area contributed by atoms with Gasteiger partial charge in [0.25, 0.3) is 5.91 Å². The molecule has 4 rings (SSSR count). The fraction of sp³-hybridized carbons (Fsp3) is 0.333. The van der Waals surface area contributed by atoms with Gasteiger partial charge in [-0.2, -0.15) is 0 Å². The minimum Gasteiger partial charge on any atom is -0.477 e. The van der Waals surface area contributed by atoms with E-state index in [0.29, 0.717) is 27.9 Å². The summed E-state index contributed by atoms with van der Waals surface area (Å²) in [4.78, 5) is 40.1. The summed E-state index contributed by atoms with van der Waals surface area (Å²) in [5, 5.41) is 21.1. The normalized spacial score (nSPS) is 20.6. The summed E-state index contributed by atoms with van der Waals surface area (Å²) in [7, 11) is 1.70. The van der Waals surface area contributed by atoms with E-state index < -0.39 is 23.3 Å². The van der Waals surface area contributed by atoms with E-state index in [-0.39, 0.29) is 11.6 Å². The number of para-hydroxylation sites is 1. The molecule has 1 N–H and O–H groups in total. The lowest BCUT2D eigenvalue weighted by molar-refractivity contribution is -0.149. The number of hydrogen-bond acceptors (Lipinski definition) is 8. The van der Waals surface area contributed by atoms with Crippen molar-refractivity contribution in [3.8, 4) is 0 Å². The number of aromatic nitrogens is 4. The Hall–Kier alpha value is -2.86. The fourth-order valence-electron chi connectivity index (χ4n) is 3.50. The molecule has 1 aromatic carbocycles. The third kappa shape index (κ3) is 3.45. The molecule has 30 heavy (non-hydrogen) atoms. The molecule has 2 aromatic rings. The molecule has 2 atom stereocenters. The highest BCUT2D eigenvalue weighted by Crippen LogP contribution is 2.44. The molecule has 1 aromatic heterocycles. The van der Waals surface area contributed by atoms with Crippen molar-refractivity contribution < 1.29 is 19.5 Å². The first-order valence-corrected chi connectivity index (χ1v) is 11.0. The number of benzene rings is 1. The molecule has 2 amide bonds. The van der Waals surface area contributed by atoms with Gasteiger partial charge in [-0.25, -0.2) is 9.48 Å². The summed E-state index contributed by atoms with van der Waals surface area (Å²) in [6.45, 7) is 1.40. The molecule has 0 spiro atoms. The molecule has 2 aliphatic rings. The van der Waals surface area contributed by atoms with E-state index in [9.17, 15) is 19.5 Å². The smallest absolute Gasteiger partial charge is 0.352 e. The van der Waals surface area contributed by atoms with Gasteiger partial charge in [0.1, 0.15) is 17.1 Å². The monoisotopic (exact) mass is 446 g/mol. The van der Waals surface area contributed by atoms with Gasteiger partial charge in [0.2, 0.25) is 11.1 Å². The van der Waals surface area contributed by atoms with E-state index in [0.717, 1.165) is 0 Å².